The Morgan fingerprint density at radius 2 is 1.84 bits per heavy atom. The third kappa shape index (κ3) is 4.50. The molecule has 25 heavy (non-hydrogen) atoms. The molecule has 130 valence electrons. The summed E-state index contributed by atoms with van der Waals surface area (Å²) in [6.45, 7) is 4.29. The Kier molecular flexibility index (Phi) is 5.89. The topological polar surface area (TPSA) is 29.5 Å². The number of hydrogen-bond donors (Lipinski definition) is 0. The zero-order valence-electron chi connectivity index (χ0n) is 14.8. The highest BCUT2D eigenvalue weighted by molar-refractivity contribution is 5.95. The average molecular weight is 335 g/mol. The summed E-state index contributed by atoms with van der Waals surface area (Å²) >= 11 is 0. The van der Waals surface area contributed by atoms with E-state index in [0.717, 1.165) is 43.7 Å². The van der Waals surface area contributed by atoms with E-state index in [1.165, 1.54) is 11.1 Å². The fourth-order valence-electron chi connectivity index (χ4n) is 2.98. The van der Waals surface area contributed by atoms with Gasteiger partial charge < -0.3 is 9.64 Å². The summed E-state index contributed by atoms with van der Waals surface area (Å²) in [6, 6.07) is 17.9. The number of amides is 1. The molecule has 1 aliphatic rings. The van der Waals surface area contributed by atoms with E-state index >= 15 is 0 Å². The normalized spacial score (nSPS) is 14.1. The molecule has 3 rings (SSSR count). The van der Waals surface area contributed by atoms with Crippen molar-refractivity contribution >= 4 is 11.5 Å². The molecule has 3 nitrogen and oxygen atoms in total. The van der Waals surface area contributed by atoms with Gasteiger partial charge in [0.2, 0.25) is 0 Å². The van der Waals surface area contributed by atoms with Crippen molar-refractivity contribution in [3.8, 4) is 5.75 Å². The highest BCUT2D eigenvalue weighted by Gasteiger charge is 2.19. The third-order valence-corrected chi connectivity index (χ3v) is 4.51. The molecule has 2 aromatic carbocycles. The number of nitrogens with zero attached hydrogens (tertiary/aromatic N) is 1. The van der Waals surface area contributed by atoms with Gasteiger partial charge in [0.25, 0.3) is 5.91 Å². The van der Waals surface area contributed by atoms with Crippen molar-refractivity contribution in [3.63, 3.8) is 0 Å². The second-order valence-electron chi connectivity index (χ2n) is 6.32. The van der Waals surface area contributed by atoms with Crippen LogP contribution in [0, 0.1) is 0 Å². The molecule has 3 heteroatoms. The fraction of sp³-hybridized carbons (Fsp3) is 0.318. The molecule has 0 spiro atoms. The minimum Gasteiger partial charge on any atom is -0.494 e. The van der Waals surface area contributed by atoms with Crippen molar-refractivity contribution in [2.45, 2.75) is 26.2 Å². The molecule has 0 saturated heterocycles. The van der Waals surface area contributed by atoms with E-state index in [9.17, 15) is 4.79 Å². The molecule has 2 aromatic rings. The summed E-state index contributed by atoms with van der Waals surface area (Å²) in [5, 5.41) is 0. The minimum atomic E-state index is 0.0865. The van der Waals surface area contributed by atoms with Crippen LogP contribution < -0.4 is 4.74 Å². The number of carbonyl (C=O) groups excluding carboxylic acids is 1. The number of carbonyl (C=O) groups is 1. The van der Waals surface area contributed by atoms with Gasteiger partial charge in [-0.3, -0.25) is 4.79 Å². The number of rotatable bonds is 6. The molecule has 0 aliphatic carbocycles. The zero-order chi connectivity index (χ0) is 17.5. The molecule has 0 atom stereocenters. The highest BCUT2D eigenvalue weighted by Crippen LogP contribution is 2.23. The van der Waals surface area contributed by atoms with Gasteiger partial charge in [-0.25, -0.2) is 0 Å². The largest absolute Gasteiger partial charge is 0.494 e. The molecule has 1 aliphatic heterocycles. The van der Waals surface area contributed by atoms with Crippen molar-refractivity contribution < 1.29 is 9.53 Å². The van der Waals surface area contributed by atoms with Crippen LogP contribution in [0.5, 0.6) is 5.75 Å². The van der Waals surface area contributed by atoms with Crippen molar-refractivity contribution in [1.82, 2.24) is 4.90 Å². The number of hydrogen-bond acceptors (Lipinski definition) is 2. The van der Waals surface area contributed by atoms with E-state index in [1.807, 2.05) is 35.2 Å². The Balaban J connectivity index is 1.59. The van der Waals surface area contributed by atoms with Crippen LogP contribution in [0.3, 0.4) is 0 Å². The van der Waals surface area contributed by atoms with Crippen LogP contribution in [-0.2, 0) is 0 Å². The summed E-state index contributed by atoms with van der Waals surface area (Å²) in [6.07, 6.45) is 5.22. The second-order valence-corrected chi connectivity index (χ2v) is 6.32. The summed E-state index contributed by atoms with van der Waals surface area (Å²) in [5.74, 6) is 0.915. The number of ether oxygens (including phenoxy) is 1. The lowest BCUT2D eigenvalue weighted by molar-refractivity contribution is 0.0773. The average Bonchev–Trinajstić information content (AvgIpc) is 2.69. The van der Waals surface area contributed by atoms with Gasteiger partial charge in [-0.2, -0.15) is 0 Å². The van der Waals surface area contributed by atoms with Crippen molar-refractivity contribution in [2.75, 3.05) is 19.7 Å². The molecular weight excluding hydrogens is 310 g/mol. The quantitative estimate of drug-likeness (QED) is 0.710. The first-order valence-electron chi connectivity index (χ1n) is 9.04. The summed E-state index contributed by atoms with van der Waals surface area (Å²) < 4.78 is 5.66. The SMILES string of the molecule is CCCCOc1ccc(C(=O)N2CC=C(c3ccccc3)CC2)cc1. The van der Waals surface area contributed by atoms with Gasteiger partial charge in [0, 0.05) is 18.7 Å². The molecule has 0 saturated carbocycles. The lowest BCUT2D eigenvalue weighted by Crippen LogP contribution is -2.34. The molecule has 1 heterocycles. The van der Waals surface area contributed by atoms with Gasteiger partial charge in [0.1, 0.15) is 5.75 Å². The number of benzene rings is 2. The van der Waals surface area contributed by atoms with E-state index in [2.05, 4.69) is 37.3 Å². The fourth-order valence-corrected chi connectivity index (χ4v) is 2.98. The molecule has 0 N–H and O–H groups in total. The standard InChI is InChI=1S/C22H25NO2/c1-2-3-17-25-21-11-9-20(10-12-21)22(24)23-15-13-19(14-16-23)18-7-5-4-6-8-18/h4-13H,2-3,14-17H2,1H3. The summed E-state index contributed by atoms with van der Waals surface area (Å²) in [7, 11) is 0. The van der Waals surface area contributed by atoms with Crippen molar-refractivity contribution in [2.24, 2.45) is 0 Å². The maximum absolute atomic E-state index is 12.7. The molecule has 1 amide bonds. The van der Waals surface area contributed by atoms with Gasteiger partial charge in [-0.05, 0) is 48.2 Å². The Labute approximate surface area is 149 Å². The monoisotopic (exact) mass is 335 g/mol. The van der Waals surface area contributed by atoms with Crippen molar-refractivity contribution in [3.05, 3.63) is 71.8 Å². The van der Waals surface area contributed by atoms with E-state index in [4.69, 9.17) is 4.74 Å². The molecule has 0 radical (unpaired) electrons. The molecule has 0 unspecified atom stereocenters. The lowest BCUT2D eigenvalue weighted by Gasteiger charge is -2.27. The minimum absolute atomic E-state index is 0.0865. The van der Waals surface area contributed by atoms with Crippen LogP contribution in [0.4, 0.5) is 0 Å². The lowest BCUT2D eigenvalue weighted by atomic mass is 9.99. The Morgan fingerprint density at radius 1 is 1.08 bits per heavy atom. The van der Waals surface area contributed by atoms with Gasteiger partial charge in [-0.1, -0.05) is 49.8 Å². The van der Waals surface area contributed by atoms with E-state index in [1.54, 1.807) is 0 Å². The van der Waals surface area contributed by atoms with E-state index < -0.39 is 0 Å². The van der Waals surface area contributed by atoms with Gasteiger partial charge in [-0.15, -0.1) is 0 Å². The molecule has 0 fully saturated rings. The molecule has 0 aromatic heterocycles. The predicted molar refractivity (Wildman–Crippen MR) is 102 cm³/mol. The number of unbranched alkanes of at least 4 members (excludes halogenated alkanes) is 1. The zero-order valence-corrected chi connectivity index (χ0v) is 14.8. The van der Waals surface area contributed by atoms with E-state index in [-0.39, 0.29) is 5.91 Å². The highest BCUT2D eigenvalue weighted by atomic mass is 16.5. The Hall–Kier alpha value is -2.55. The summed E-state index contributed by atoms with van der Waals surface area (Å²) in [5.41, 5.74) is 3.30. The van der Waals surface area contributed by atoms with E-state index in [0.29, 0.717) is 6.54 Å². The smallest absolute Gasteiger partial charge is 0.254 e. The maximum atomic E-state index is 12.7. The van der Waals surface area contributed by atoms with Gasteiger partial charge in [0.05, 0.1) is 6.61 Å². The Morgan fingerprint density at radius 3 is 2.48 bits per heavy atom. The van der Waals surface area contributed by atoms with Crippen LogP contribution in [0.1, 0.15) is 42.1 Å². The van der Waals surface area contributed by atoms with Gasteiger partial charge in [0.15, 0.2) is 0 Å². The first-order valence-corrected chi connectivity index (χ1v) is 9.04. The maximum Gasteiger partial charge on any atom is 0.254 e. The molecular formula is C22H25NO2. The predicted octanol–water partition coefficient (Wildman–Crippen LogP) is 4.80. The first kappa shape index (κ1) is 17.3. The molecule has 0 bridgehead atoms. The van der Waals surface area contributed by atoms with Crippen molar-refractivity contribution in [1.29, 1.82) is 0 Å². The second kappa shape index (κ2) is 8.52. The van der Waals surface area contributed by atoms with Crippen LogP contribution in [0.2, 0.25) is 0 Å². The van der Waals surface area contributed by atoms with Crippen LogP contribution in [0.25, 0.3) is 5.57 Å². The Bertz CT molecular complexity index is 719. The first-order chi connectivity index (χ1) is 12.3. The third-order valence-electron chi connectivity index (χ3n) is 4.51. The van der Waals surface area contributed by atoms with Gasteiger partial charge >= 0.3 is 0 Å². The van der Waals surface area contributed by atoms with Crippen LogP contribution >= 0.6 is 0 Å². The van der Waals surface area contributed by atoms with Crippen LogP contribution in [-0.4, -0.2) is 30.5 Å². The van der Waals surface area contributed by atoms with Crippen LogP contribution in [0.15, 0.2) is 60.7 Å². The summed E-state index contributed by atoms with van der Waals surface area (Å²) in [4.78, 5) is 14.6.